The number of benzene rings is 1. The van der Waals surface area contributed by atoms with Crippen molar-refractivity contribution in [2.24, 2.45) is 5.92 Å². The van der Waals surface area contributed by atoms with Crippen molar-refractivity contribution in [3.63, 3.8) is 0 Å². The van der Waals surface area contributed by atoms with Crippen LogP contribution < -0.4 is 5.73 Å². The summed E-state index contributed by atoms with van der Waals surface area (Å²) in [4.78, 5) is 14.2. The maximum atomic E-state index is 12.4. The third-order valence-corrected chi connectivity index (χ3v) is 4.18. The second-order valence-electron chi connectivity index (χ2n) is 5.39. The predicted molar refractivity (Wildman–Crippen MR) is 79.4 cm³/mol. The normalized spacial score (nSPS) is 16.3. The van der Waals surface area contributed by atoms with Gasteiger partial charge in [-0.15, -0.1) is 0 Å². The van der Waals surface area contributed by atoms with Gasteiger partial charge in [0.15, 0.2) is 0 Å². The predicted octanol–water partition coefficient (Wildman–Crippen LogP) is 3.57. The number of hydrogen-bond acceptors (Lipinski definition) is 2. The molecule has 1 saturated carbocycles. The maximum Gasteiger partial charge on any atom is 0.257 e. The molecule has 0 spiro atoms. The topological polar surface area (TPSA) is 46.3 Å². The highest BCUT2D eigenvalue weighted by molar-refractivity contribution is 6.34. The number of rotatable bonds is 3. The number of nitrogens with two attached hydrogens (primary N) is 1. The minimum absolute atomic E-state index is 0.0753. The number of amides is 1. The number of nitrogen functional groups attached to an aromatic ring is 1. The lowest BCUT2D eigenvalue weighted by atomic mass is 9.89. The Kier molecular flexibility index (Phi) is 4.70. The molecule has 0 aromatic heterocycles. The zero-order valence-corrected chi connectivity index (χ0v) is 12.1. The van der Waals surface area contributed by atoms with Gasteiger partial charge < -0.3 is 10.6 Å². The van der Waals surface area contributed by atoms with E-state index in [-0.39, 0.29) is 5.91 Å². The summed E-state index contributed by atoms with van der Waals surface area (Å²) in [7, 11) is 1.83. The molecule has 3 nitrogen and oxygen atoms in total. The number of hydrogen-bond donors (Lipinski definition) is 1. The molecule has 1 aromatic carbocycles. The van der Waals surface area contributed by atoms with Crippen LogP contribution in [0.25, 0.3) is 0 Å². The minimum Gasteiger partial charge on any atom is -0.398 e. The second kappa shape index (κ2) is 6.29. The van der Waals surface area contributed by atoms with Gasteiger partial charge in [0.2, 0.25) is 0 Å². The van der Waals surface area contributed by atoms with Crippen molar-refractivity contribution >= 4 is 23.2 Å². The van der Waals surface area contributed by atoms with Crippen LogP contribution in [0.5, 0.6) is 0 Å². The molecule has 1 fully saturated rings. The molecule has 104 valence electrons. The van der Waals surface area contributed by atoms with Crippen LogP contribution in [0.3, 0.4) is 0 Å². The van der Waals surface area contributed by atoms with Gasteiger partial charge >= 0.3 is 0 Å². The van der Waals surface area contributed by atoms with Crippen LogP contribution in [0.2, 0.25) is 5.02 Å². The van der Waals surface area contributed by atoms with Gasteiger partial charge in [-0.3, -0.25) is 4.79 Å². The lowest BCUT2D eigenvalue weighted by molar-refractivity contribution is 0.0762. The Morgan fingerprint density at radius 3 is 2.68 bits per heavy atom. The molecule has 0 aliphatic heterocycles. The molecular formula is C15H21ClN2O. The summed E-state index contributed by atoms with van der Waals surface area (Å²) in [5.41, 5.74) is 6.75. The number of halogens is 1. The van der Waals surface area contributed by atoms with Crippen molar-refractivity contribution in [1.29, 1.82) is 0 Å². The molecule has 0 unspecified atom stereocenters. The molecule has 0 saturated heterocycles. The third kappa shape index (κ3) is 3.41. The highest BCUT2D eigenvalue weighted by Crippen LogP contribution is 2.27. The zero-order chi connectivity index (χ0) is 13.8. The average molecular weight is 281 g/mol. The third-order valence-electron chi connectivity index (χ3n) is 3.86. The van der Waals surface area contributed by atoms with Crippen LogP contribution in [0, 0.1) is 5.92 Å². The number of carbonyl (C=O) groups excluding carboxylic acids is 1. The van der Waals surface area contributed by atoms with Crippen molar-refractivity contribution in [2.45, 2.75) is 32.1 Å². The van der Waals surface area contributed by atoms with Gasteiger partial charge in [0.1, 0.15) is 0 Å². The van der Waals surface area contributed by atoms with Crippen molar-refractivity contribution < 1.29 is 4.79 Å². The van der Waals surface area contributed by atoms with Gasteiger partial charge in [-0.25, -0.2) is 0 Å². The minimum atomic E-state index is -0.0753. The van der Waals surface area contributed by atoms with Gasteiger partial charge in [0.05, 0.1) is 10.6 Å². The second-order valence-corrected chi connectivity index (χ2v) is 5.80. The molecular weight excluding hydrogens is 260 g/mol. The molecule has 2 N–H and O–H groups in total. The summed E-state index contributed by atoms with van der Waals surface area (Å²) < 4.78 is 0. The Hall–Kier alpha value is -1.22. The van der Waals surface area contributed by atoms with Crippen LogP contribution in [-0.2, 0) is 0 Å². The largest absolute Gasteiger partial charge is 0.398 e. The Morgan fingerprint density at radius 2 is 2.05 bits per heavy atom. The zero-order valence-electron chi connectivity index (χ0n) is 11.4. The van der Waals surface area contributed by atoms with E-state index in [2.05, 4.69) is 0 Å². The summed E-state index contributed by atoms with van der Waals surface area (Å²) in [6.07, 6.45) is 6.32. The van der Waals surface area contributed by atoms with Crippen LogP contribution in [-0.4, -0.2) is 24.4 Å². The van der Waals surface area contributed by atoms with Crippen molar-refractivity contribution in [2.75, 3.05) is 19.3 Å². The molecule has 2 rings (SSSR count). The molecule has 1 aromatic rings. The van der Waals surface area contributed by atoms with Crippen molar-refractivity contribution in [1.82, 2.24) is 4.90 Å². The van der Waals surface area contributed by atoms with Crippen LogP contribution in [0.15, 0.2) is 18.2 Å². The molecule has 19 heavy (non-hydrogen) atoms. The first-order valence-electron chi connectivity index (χ1n) is 6.89. The van der Waals surface area contributed by atoms with Gasteiger partial charge in [0.25, 0.3) is 5.91 Å². The quantitative estimate of drug-likeness (QED) is 0.860. The standard InChI is InChI=1S/C15H21ClN2O/c1-18(10-11-6-3-2-4-7-11)15(19)14-12(16)8-5-9-13(14)17/h5,8-9,11H,2-4,6-7,10,17H2,1H3. The van der Waals surface area contributed by atoms with E-state index >= 15 is 0 Å². The van der Waals surface area contributed by atoms with E-state index in [4.69, 9.17) is 17.3 Å². The van der Waals surface area contributed by atoms with E-state index in [9.17, 15) is 4.79 Å². The lowest BCUT2D eigenvalue weighted by Crippen LogP contribution is -2.33. The Labute approximate surface area is 119 Å². The Morgan fingerprint density at radius 1 is 1.37 bits per heavy atom. The fourth-order valence-corrected chi connectivity index (χ4v) is 3.06. The smallest absolute Gasteiger partial charge is 0.257 e. The summed E-state index contributed by atoms with van der Waals surface area (Å²) in [5, 5.41) is 0.431. The van der Waals surface area contributed by atoms with E-state index in [1.165, 1.54) is 32.1 Å². The molecule has 0 atom stereocenters. The molecule has 0 radical (unpaired) electrons. The SMILES string of the molecule is CN(CC1CCCCC1)C(=O)c1c(N)cccc1Cl. The van der Waals surface area contributed by atoms with E-state index in [1.807, 2.05) is 7.05 Å². The molecule has 0 heterocycles. The number of carbonyl (C=O) groups is 1. The van der Waals surface area contributed by atoms with Gasteiger partial charge in [-0.1, -0.05) is 36.9 Å². The molecule has 1 amide bonds. The van der Waals surface area contributed by atoms with Crippen LogP contribution in [0.4, 0.5) is 5.69 Å². The van der Waals surface area contributed by atoms with E-state index in [0.29, 0.717) is 22.2 Å². The highest BCUT2D eigenvalue weighted by Gasteiger charge is 2.22. The fraction of sp³-hybridized carbons (Fsp3) is 0.533. The van der Waals surface area contributed by atoms with Gasteiger partial charge in [-0.05, 0) is 30.9 Å². The first-order chi connectivity index (χ1) is 9.09. The first kappa shape index (κ1) is 14.2. The van der Waals surface area contributed by atoms with Gasteiger partial charge in [-0.2, -0.15) is 0 Å². The molecule has 1 aliphatic carbocycles. The lowest BCUT2D eigenvalue weighted by Gasteiger charge is -2.27. The summed E-state index contributed by atoms with van der Waals surface area (Å²) in [5.74, 6) is 0.542. The van der Waals surface area contributed by atoms with E-state index < -0.39 is 0 Å². The number of nitrogens with zero attached hydrogens (tertiary/aromatic N) is 1. The Balaban J connectivity index is 2.06. The number of anilines is 1. The summed E-state index contributed by atoms with van der Waals surface area (Å²) >= 11 is 6.08. The Bertz CT molecular complexity index is 435. The highest BCUT2D eigenvalue weighted by atomic mass is 35.5. The summed E-state index contributed by atoms with van der Waals surface area (Å²) in [6, 6.07) is 5.18. The monoisotopic (exact) mass is 280 g/mol. The van der Waals surface area contributed by atoms with Crippen molar-refractivity contribution in [3.8, 4) is 0 Å². The van der Waals surface area contributed by atoms with Gasteiger partial charge in [0, 0.05) is 19.3 Å². The van der Waals surface area contributed by atoms with Crippen LogP contribution >= 0.6 is 11.6 Å². The molecule has 1 aliphatic rings. The molecule has 4 heteroatoms. The fourth-order valence-electron chi connectivity index (χ4n) is 2.80. The molecule has 0 bridgehead atoms. The first-order valence-corrected chi connectivity index (χ1v) is 7.27. The van der Waals surface area contributed by atoms with Crippen molar-refractivity contribution in [3.05, 3.63) is 28.8 Å². The average Bonchev–Trinajstić information content (AvgIpc) is 2.39. The van der Waals surface area contributed by atoms with Crippen LogP contribution in [0.1, 0.15) is 42.5 Å². The van der Waals surface area contributed by atoms with E-state index in [0.717, 1.165) is 6.54 Å². The van der Waals surface area contributed by atoms with E-state index in [1.54, 1.807) is 23.1 Å². The maximum absolute atomic E-state index is 12.4. The summed E-state index contributed by atoms with van der Waals surface area (Å²) in [6.45, 7) is 0.795.